The number of nitrogens with zero attached hydrogens (tertiary/aromatic N) is 1. The molecule has 0 radical (unpaired) electrons. The van der Waals surface area contributed by atoms with E-state index in [-0.39, 0.29) is 0 Å². The van der Waals surface area contributed by atoms with Crippen LogP contribution in [0.4, 0.5) is 0 Å². The summed E-state index contributed by atoms with van der Waals surface area (Å²) in [4.78, 5) is 2.50. The number of rotatable bonds is 5. The Hall–Kier alpha value is -1.06. The number of furan rings is 1. The van der Waals surface area contributed by atoms with Crippen LogP contribution in [-0.2, 0) is 6.42 Å². The van der Waals surface area contributed by atoms with Crippen LogP contribution < -0.4 is 5.32 Å². The van der Waals surface area contributed by atoms with Crippen LogP contribution in [0.1, 0.15) is 37.8 Å². The maximum atomic E-state index is 5.95. The average Bonchev–Trinajstić information content (AvgIpc) is 2.85. The Balaban J connectivity index is 2.15. The van der Waals surface area contributed by atoms with Crippen LogP contribution in [0.5, 0.6) is 0 Å². The highest BCUT2D eigenvalue weighted by molar-refractivity contribution is 5.13. The van der Waals surface area contributed by atoms with Crippen molar-refractivity contribution in [3.63, 3.8) is 0 Å². The van der Waals surface area contributed by atoms with Gasteiger partial charge in [0.15, 0.2) is 0 Å². The largest absolute Gasteiger partial charge is 0.464 e. The minimum Gasteiger partial charge on any atom is -0.464 e. The topological polar surface area (TPSA) is 28.4 Å². The zero-order chi connectivity index (χ0) is 13.0. The second-order valence-electron chi connectivity index (χ2n) is 5.12. The summed E-state index contributed by atoms with van der Waals surface area (Å²) in [5, 5.41) is 3.40. The quantitative estimate of drug-likeness (QED) is 0.812. The van der Waals surface area contributed by atoms with E-state index in [2.05, 4.69) is 42.8 Å². The lowest BCUT2D eigenvalue weighted by atomic mass is 10.0. The minimum atomic E-state index is 0.352. The number of aryl methyl sites for hydroxylation is 1. The molecule has 1 saturated heterocycles. The van der Waals surface area contributed by atoms with Crippen LogP contribution in [0.3, 0.4) is 0 Å². The first-order chi connectivity index (χ1) is 8.70. The van der Waals surface area contributed by atoms with E-state index in [9.17, 15) is 0 Å². The SMILES string of the molecule is C=C(C)C[C@@H](c1ccc(CC)o1)N1CCNCC1. The molecule has 2 heterocycles. The molecule has 1 aliphatic rings. The monoisotopic (exact) mass is 248 g/mol. The first-order valence-corrected chi connectivity index (χ1v) is 6.88. The molecule has 0 amide bonds. The molecule has 0 aromatic carbocycles. The first-order valence-electron chi connectivity index (χ1n) is 6.88. The summed E-state index contributed by atoms with van der Waals surface area (Å²) in [5.41, 5.74) is 1.22. The molecule has 18 heavy (non-hydrogen) atoms. The van der Waals surface area contributed by atoms with Gasteiger partial charge < -0.3 is 9.73 Å². The van der Waals surface area contributed by atoms with Crippen LogP contribution in [-0.4, -0.2) is 31.1 Å². The van der Waals surface area contributed by atoms with Crippen LogP contribution in [0.15, 0.2) is 28.7 Å². The molecule has 1 aromatic heterocycles. The smallest absolute Gasteiger partial charge is 0.121 e. The summed E-state index contributed by atoms with van der Waals surface area (Å²) in [7, 11) is 0. The van der Waals surface area contributed by atoms with Crippen molar-refractivity contribution in [3.05, 3.63) is 35.8 Å². The lowest BCUT2D eigenvalue weighted by Crippen LogP contribution is -2.45. The molecule has 1 aliphatic heterocycles. The molecule has 0 unspecified atom stereocenters. The van der Waals surface area contributed by atoms with E-state index in [4.69, 9.17) is 4.42 Å². The van der Waals surface area contributed by atoms with Crippen molar-refractivity contribution in [2.24, 2.45) is 0 Å². The van der Waals surface area contributed by atoms with Gasteiger partial charge in [-0.2, -0.15) is 0 Å². The Labute approximate surface area is 110 Å². The first kappa shape index (κ1) is 13.4. The molecule has 0 saturated carbocycles. The summed E-state index contributed by atoms with van der Waals surface area (Å²) in [5.74, 6) is 2.17. The number of nitrogens with one attached hydrogen (secondary N) is 1. The van der Waals surface area contributed by atoms with Gasteiger partial charge in [-0.05, 0) is 25.5 Å². The summed E-state index contributed by atoms with van der Waals surface area (Å²) in [6, 6.07) is 4.59. The highest BCUT2D eigenvalue weighted by Crippen LogP contribution is 2.29. The van der Waals surface area contributed by atoms with Gasteiger partial charge in [-0.1, -0.05) is 12.5 Å². The van der Waals surface area contributed by atoms with Crippen molar-refractivity contribution in [2.45, 2.75) is 32.7 Å². The standard InChI is InChI=1S/C15H24N2O/c1-4-13-5-6-15(18-13)14(11-12(2)3)17-9-7-16-8-10-17/h5-6,14,16H,2,4,7-11H2,1,3H3/t14-/m0/s1. The molecule has 3 nitrogen and oxygen atoms in total. The van der Waals surface area contributed by atoms with E-state index in [1.165, 1.54) is 5.57 Å². The summed E-state index contributed by atoms with van der Waals surface area (Å²) >= 11 is 0. The average molecular weight is 248 g/mol. The van der Waals surface area contributed by atoms with Crippen LogP contribution in [0.25, 0.3) is 0 Å². The minimum absolute atomic E-state index is 0.352. The third kappa shape index (κ3) is 3.24. The van der Waals surface area contributed by atoms with E-state index in [0.29, 0.717) is 6.04 Å². The highest BCUT2D eigenvalue weighted by atomic mass is 16.3. The Morgan fingerprint density at radius 1 is 1.44 bits per heavy atom. The van der Waals surface area contributed by atoms with Crippen molar-refractivity contribution in [1.29, 1.82) is 0 Å². The molecule has 3 heteroatoms. The van der Waals surface area contributed by atoms with Crippen molar-refractivity contribution in [1.82, 2.24) is 10.2 Å². The molecule has 1 atom stereocenters. The van der Waals surface area contributed by atoms with Gasteiger partial charge in [0, 0.05) is 32.6 Å². The van der Waals surface area contributed by atoms with E-state index in [0.717, 1.165) is 50.5 Å². The van der Waals surface area contributed by atoms with Crippen LogP contribution in [0.2, 0.25) is 0 Å². The molecule has 1 fully saturated rings. The fraction of sp³-hybridized carbons (Fsp3) is 0.600. The molecule has 1 N–H and O–H groups in total. The summed E-state index contributed by atoms with van der Waals surface area (Å²) in [6.07, 6.45) is 1.94. The molecular weight excluding hydrogens is 224 g/mol. The molecule has 2 rings (SSSR count). The highest BCUT2D eigenvalue weighted by Gasteiger charge is 2.24. The van der Waals surface area contributed by atoms with Crippen molar-refractivity contribution in [2.75, 3.05) is 26.2 Å². The molecular formula is C15H24N2O. The van der Waals surface area contributed by atoms with Crippen molar-refractivity contribution < 1.29 is 4.42 Å². The van der Waals surface area contributed by atoms with E-state index in [1.807, 2.05) is 0 Å². The van der Waals surface area contributed by atoms with E-state index >= 15 is 0 Å². The van der Waals surface area contributed by atoms with E-state index in [1.54, 1.807) is 0 Å². The third-order valence-electron chi connectivity index (χ3n) is 3.49. The Kier molecular flexibility index (Phi) is 4.61. The molecule has 1 aromatic rings. The normalized spacial score (nSPS) is 18.8. The zero-order valence-corrected chi connectivity index (χ0v) is 11.5. The predicted octanol–water partition coefficient (Wildman–Crippen LogP) is 2.75. The van der Waals surface area contributed by atoms with Gasteiger partial charge in [0.05, 0.1) is 6.04 Å². The molecule has 100 valence electrons. The summed E-state index contributed by atoms with van der Waals surface area (Å²) < 4.78 is 5.95. The van der Waals surface area contributed by atoms with Gasteiger partial charge in [0.1, 0.15) is 11.5 Å². The zero-order valence-electron chi connectivity index (χ0n) is 11.5. The van der Waals surface area contributed by atoms with Gasteiger partial charge in [0.2, 0.25) is 0 Å². The van der Waals surface area contributed by atoms with Gasteiger partial charge in [-0.25, -0.2) is 0 Å². The van der Waals surface area contributed by atoms with E-state index < -0.39 is 0 Å². The maximum absolute atomic E-state index is 5.95. The van der Waals surface area contributed by atoms with Crippen molar-refractivity contribution >= 4 is 0 Å². The fourth-order valence-electron chi connectivity index (χ4n) is 2.50. The van der Waals surface area contributed by atoms with Gasteiger partial charge >= 0.3 is 0 Å². The molecule has 0 bridgehead atoms. The summed E-state index contributed by atoms with van der Waals surface area (Å²) in [6.45, 7) is 12.6. The van der Waals surface area contributed by atoms with Crippen molar-refractivity contribution in [3.8, 4) is 0 Å². The fourth-order valence-corrected chi connectivity index (χ4v) is 2.50. The lowest BCUT2D eigenvalue weighted by Gasteiger charge is -2.34. The lowest BCUT2D eigenvalue weighted by molar-refractivity contribution is 0.152. The van der Waals surface area contributed by atoms with Crippen LogP contribution in [0, 0.1) is 0 Å². The van der Waals surface area contributed by atoms with Crippen LogP contribution >= 0.6 is 0 Å². The Morgan fingerprint density at radius 3 is 2.72 bits per heavy atom. The molecule has 0 spiro atoms. The molecule has 0 aliphatic carbocycles. The van der Waals surface area contributed by atoms with Gasteiger partial charge in [-0.15, -0.1) is 6.58 Å². The van der Waals surface area contributed by atoms with Gasteiger partial charge in [-0.3, -0.25) is 4.90 Å². The second kappa shape index (κ2) is 6.21. The Bertz CT molecular complexity index is 391. The maximum Gasteiger partial charge on any atom is 0.121 e. The predicted molar refractivity (Wildman–Crippen MR) is 74.7 cm³/mol. The Morgan fingerprint density at radius 2 is 2.17 bits per heavy atom. The second-order valence-corrected chi connectivity index (χ2v) is 5.12. The number of hydrogen-bond donors (Lipinski definition) is 1. The number of piperazine rings is 1. The van der Waals surface area contributed by atoms with Gasteiger partial charge in [0.25, 0.3) is 0 Å². The third-order valence-corrected chi connectivity index (χ3v) is 3.49. The number of hydrogen-bond acceptors (Lipinski definition) is 3.